The van der Waals surface area contributed by atoms with Gasteiger partial charge in [-0.05, 0) is 60.7 Å². The lowest BCUT2D eigenvalue weighted by molar-refractivity contribution is 0.0831. The molecular weight excluding hydrogens is 330 g/mol. The van der Waals surface area contributed by atoms with E-state index >= 15 is 0 Å². The average molecular weight is 342 g/mol. The lowest BCUT2D eigenvalue weighted by atomic mass is 10.2. The molecule has 25 heavy (non-hydrogen) atoms. The molecule has 7 heteroatoms. The number of benzene rings is 2. The minimum atomic E-state index is -0.663. The fourth-order valence-corrected chi connectivity index (χ4v) is 2.08. The van der Waals surface area contributed by atoms with Crippen molar-refractivity contribution in [2.24, 2.45) is 0 Å². The van der Waals surface area contributed by atoms with E-state index in [2.05, 4.69) is 10.9 Å². The molecule has 0 saturated carbocycles. The van der Waals surface area contributed by atoms with Crippen molar-refractivity contribution in [1.82, 2.24) is 10.9 Å². The molecule has 0 atom stereocenters. The Bertz CT molecular complexity index is 903. The zero-order chi connectivity index (χ0) is 17.8. The summed E-state index contributed by atoms with van der Waals surface area (Å²) in [5.41, 5.74) is 5.20. The number of hydrogen-bond donors (Lipinski definition) is 2. The molecule has 3 rings (SSSR count). The van der Waals surface area contributed by atoms with Gasteiger partial charge >= 0.3 is 5.91 Å². The molecular formula is C18H12F2N2O3. The van der Waals surface area contributed by atoms with Crippen molar-refractivity contribution < 1.29 is 22.8 Å². The maximum Gasteiger partial charge on any atom is 0.305 e. The Morgan fingerprint density at radius 2 is 1.28 bits per heavy atom. The van der Waals surface area contributed by atoms with Gasteiger partial charge in [0.15, 0.2) is 5.76 Å². The van der Waals surface area contributed by atoms with Crippen LogP contribution in [-0.2, 0) is 0 Å². The van der Waals surface area contributed by atoms with Gasteiger partial charge in [-0.1, -0.05) is 0 Å². The van der Waals surface area contributed by atoms with E-state index in [-0.39, 0.29) is 17.1 Å². The third kappa shape index (κ3) is 3.89. The number of carbonyl (C=O) groups is 2. The summed E-state index contributed by atoms with van der Waals surface area (Å²) in [6.07, 6.45) is 0. The van der Waals surface area contributed by atoms with Crippen LogP contribution in [0.5, 0.6) is 0 Å². The Morgan fingerprint density at radius 1 is 0.720 bits per heavy atom. The van der Waals surface area contributed by atoms with Crippen LogP contribution in [0.3, 0.4) is 0 Å². The van der Waals surface area contributed by atoms with Crippen LogP contribution in [0.1, 0.15) is 20.9 Å². The van der Waals surface area contributed by atoms with Crippen LogP contribution in [0.4, 0.5) is 8.78 Å². The Hall–Kier alpha value is -3.48. The predicted octanol–water partition coefficient (Wildman–Crippen LogP) is 3.30. The Balaban J connectivity index is 1.63. The third-order valence-electron chi connectivity index (χ3n) is 3.35. The molecule has 0 bridgehead atoms. The highest BCUT2D eigenvalue weighted by Gasteiger charge is 2.14. The molecule has 126 valence electrons. The van der Waals surface area contributed by atoms with Gasteiger partial charge in [-0.15, -0.1) is 0 Å². The largest absolute Gasteiger partial charge is 0.451 e. The number of carbonyl (C=O) groups excluding carboxylic acids is 2. The van der Waals surface area contributed by atoms with Gasteiger partial charge in [0.2, 0.25) is 0 Å². The topological polar surface area (TPSA) is 71.3 Å². The summed E-state index contributed by atoms with van der Waals surface area (Å²) in [7, 11) is 0. The second-order valence-corrected chi connectivity index (χ2v) is 5.09. The van der Waals surface area contributed by atoms with Gasteiger partial charge in [0, 0.05) is 11.1 Å². The number of rotatable bonds is 3. The number of halogens is 2. The number of furan rings is 1. The summed E-state index contributed by atoms with van der Waals surface area (Å²) in [6, 6.07) is 13.4. The third-order valence-corrected chi connectivity index (χ3v) is 3.35. The van der Waals surface area contributed by atoms with E-state index in [1.807, 2.05) is 0 Å². The standard InChI is InChI=1S/C18H12F2N2O3/c19-13-5-1-11(2-6-13)15-9-10-16(25-15)18(24)22-21-17(23)12-3-7-14(20)8-4-12/h1-10H,(H,21,23)(H,22,24). The highest BCUT2D eigenvalue weighted by molar-refractivity contribution is 5.98. The fraction of sp³-hybridized carbons (Fsp3) is 0. The molecule has 1 heterocycles. The first-order valence-corrected chi connectivity index (χ1v) is 7.25. The maximum absolute atomic E-state index is 12.9. The molecule has 2 N–H and O–H groups in total. The Kier molecular flexibility index (Phi) is 4.56. The quantitative estimate of drug-likeness (QED) is 0.718. The zero-order valence-electron chi connectivity index (χ0n) is 12.8. The molecule has 0 aliphatic rings. The molecule has 0 aliphatic heterocycles. The van der Waals surface area contributed by atoms with Crippen molar-refractivity contribution in [1.29, 1.82) is 0 Å². The molecule has 0 radical (unpaired) electrons. The van der Waals surface area contributed by atoms with Crippen LogP contribution in [-0.4, -0.2) is 11.8 Å². The van der Waals surface area contributed by atoms with Crippen LogP contribution in [0, 0.1) is 11.6 Å². The molecule has 0 aliphatic carbocycles. The van der Waals surface area contributed by atoms with Gasteiger partial charge in [-0.2, -0.15) is 0 Å². The number of hydrazine groups is 1. The molecule has 5 nitrogen and oxygen atoms in total. The van der Waals surface area contributed by atoms with Gasteiger partial charge in [0.1, 0.15) is 17.4 Å². The van der Waals surface area contributed by atoms with E-state index in [0.717, 1.165) is 12.1 Å². The summed E-state index contributed by atoms with van der Waals surface area (Å²) >= 11 is 0. The minimum absolute atomic E-state index is 0.0290. The first-order valence-electron chi connectivity index (χ1n) is 7.25. The van der Waals surface area contributed by atoms with Gasteiger partial charge in [-0.25, -0.2) is 8.78 Å². The smallest absolute Gasteiger partial charge is 0.305 e. The van der Waals surface area contributed by atoms with E-state index in [9.17, 15) is 18.4 Å². The number of nitrogens with one attached hydrogen (secondary N) is 2. The molecule has 2 aromatic carbocycles. The van der Waals surface area contributed by atoms with E-state index < -0.39 is 17.6 Å². The van der Waals surface area contributed by atoms with Crippen LogP contribution in [0.25, 0.3) is 11.3 Å². The van der Waals surface area contributed by atoms with E-state index in [1.165, 1.54) is 42.5 Å². The normalized spacial score (nSPS) is 10.3. The van der Waals surface area contributed by atoms with E-state index in [4.69, 9.17) is 4.42 Å². The summed E-state index contributed by atoms with van der Waals surface area (Å²) in [4.78, 5) is 23.8. The lowest BCUT2D eigenvalue weighted by Crippen LogP contribution is -2.41. The number of hydrogen-bond acceptors (Lipinski definition) is 3. The van der Waals surface area contributed by atoms with Crippen LogP contribution in [0.2, 0.25) is 0 Å². The SMILES string of the molecule is O=C(NNC(=O)c1ccc(-c2ccc(F)cc2)o1)c1ccc(F)cc1. The molecule has 3 aromatic rings. The van der Waals surface area contributed by atoms with Gasteiger partial charge in [0.05, 0.1) is 0 Å². The summed E-state index contributed by atoms with van der Waals surface area (Å²) < 4.78 is 31.1. The molecule has 0 spiro atoms. The zero-order valence-corrected chi connectivity index (χ0v) is 12.8. The maximum atomic E-state index is 12.9. The van der Waals surface area contributed by atoms with E-state index in [1.54, 1.807) is 6.07 Å². The van der Waals surface area contributed by atoms with Gasteiger partial charge < -0.3 is 4.42 Å². The van der Waals surface area contributed by atoms with Crippen molar-refractivity contribution in [3.8, 4) is 11.3 Å². The first kappa shape index (κ1) is 16.4. The Morgan fingerprint density at radius 3 is 1.92 bits per heavy atom. The van der Waals surface area contributed by atoms with Gasteiger partial charge in [0.25, 0.3) is 5.91 Å². The summed E-state index contributed by atoms with van der Waals surface area (Å²) in [5, 5.41) is 0. The van der Waals surface area contributed by atoms with Crippen molar-refractivity contribution in [2.45, 2.75) is 0 Å². The van der Waals surface area contributed by atoms with Gasteiger partial charge in [-0.3, -0.25) is 20.4 Å². The highest BCUT2D eigenvalue weighted by Crippen LogP contribution is 2.22. The summed E-state index contributed by atoms with van der Waals surface area (Å²) in [6.45, 7) is 0. The lowest BCUT2D eigenvalue weighted by Gasteiger charge is -2.06. The van der Waals surface area contributed by atoms with Crippen molar-refractivity contribution in [3.63, 3.8) is 0 Å². The second kappa shape index (κ2) is 6.96. The fourth-order valence-electron chi connectivity index (χ4n) is 2.08. The van der Waals surface area contributed by atoms with Crippen molar-refractivity contribution >= 4 is 11.8 Å². The molecule has 0 fully saturated rings. The molecule has 0 unspecified atom stereocenters. The van der Waals surface area contributed by atoms with Crippen LogP contribution >= 0.6 is 0 Å². The van der Waals surface area contributed by atoms with Crippen molar-refractivity contribution in [3.05, 3.63) is 83.6 Å². The monoisotopic (exact) mass is 342 g/mol. The van der Waals surface area contributed by atoms with Crippen molar-refractivity contribution in [2.75, 3.05) is 0 Å². The second-order valence-electron chi connectivity index (χ2n) is 5.09. The molecule has 1 aromatic heterocycles. The average Bonchev–Trinajstić information content (AvgIpc) is 3.11. The summed E-state index contributed by atoms with van der Waals surface area (Å²) in [5.74, 6) is -1.75. The van der Waals surface area contributed by atoms with E-state index in [0.29, 0.717) is 11.3 Å². The number of amides is 2. The minimum Gasteiger partial charge on any atom is -0.451 e. The predicted molar refractivity (Wildman–Crippen MR) is 85.4 cm³/mol. The first-order chi connectivity index (χ1) is 12.0. The van der Waals surface area contributed by atoms with Crippen LogP contribution < -0.4 is 10.9 Å². The van der Waals surface area contributed by atoms with Crippen LogP contribution in [0.15, 0.2) is 65.1 Å². The molecule has 2 amide bonds. The molecule has 0 saturated heterocycles. The Labute approximate surface area is 141 Å². The highest BCUT2D eigenvalue weighted by atomic mass is 19.1.